The SMILES string of the molecule is Cc1cc(C)nc(SCC(=O)N2CCCCC[C@@H]2c2ccncc2)n1. The third kappa shape index (κ3) is 4.78. The number of aromatic nitrogens is 3. The molecule has 1 atom stereocenters. The van der Waals surface area contributed by atoms with E-state index in [0.717, 1.165) is 37.2 Å². The van der Waals surface area contributed by atoms with Crippen LogP contribution in [0.1, 0.15) is 48.7 Å². The first-order valence-electron chi connectivity index (χ1n) is 8.78. The zero-order valence-electron chi connectivity index (χ0n) is 14.8. The molecule has 0 N–H and O–H groups in total. The highest BCUT2D eigenvalue weighted by molar-refractivity contribution is 7.99. The van der Waals surface area contributed by atoms with Crippen LogP contribution in [0.4, 0.5) is 0 Å². The zero-order chi connectivity index (χ0) is 17.6. The first kappa shape index (κ1) is 17.9. The summed E-state index contributed by atoms with van der Waals surface area (Å²) in [6, 6.07) is 6.14. The van der Waals surface area contributed by atoms with Gasteiger partial charge in [-0.25, -0.2) is 9.97 Å². The highest BCUT2D eigenvalue weighted by atomic mass is 32.2. The van der Waals surface area contributed by atoms with Gasteiger partial charge in [0.05, 0.1) is 11.8 Å². The van der Waals surface area contributed by atoms with Gasteiger partial charge < -0.3 is 4.90 Å². The Balaban J connectivity index is 1.71. The molecule has 25 heavy (non-hydrogen) atoms. The Labute approximate surface area is 153 Å². The number of thioether (sulfide) groups is 1. The van der Waals surface area contributed by atoms with Crippen LogP contribution in [-0.2, 0) is 4.79 Å². The van der Waals surface area contributed by atoms with E-state index in [1.165, 1.54) is 23.7 Å². The molecule has 0 radical (unpaired) electrons. The van der Waals surface area contributed by atoms with E-state index in [2.05, 4.69) is 15.0 Å². The first-order valence-corrected chi connectivity index (χ1v) is 9.76. The third-order valence-corrected chi connectivity index (χ3v) is 5.28. The highest BCUT2D eigenvalue weighted by Crippen LogP contribution is 2.30. The summed E-state index contributed by atoms with van der Waals surface area (Å²) in [4.78, 5) is 27.9. The molecule has 5 nitrogen and oxygen atoms in total. The fourth-order valence-electron chi connectivity index (χ4n) is 3.31. The maximum atomic E-state index is 12.9. The second-order valence-corrected chi connectivity index (χ2v) is 7.40. The van der Waals surface area contributed by atoms with E-state index in [1.807, 2.05) is 36.9 Å². The molecule has 6 heteroatoms. The lowest BCUT2D eigenvalue weighted by atomic mass is 10.0. The van der Waals surface area contributed by atoms with Gasteiger partial charge in [0.25, 0.3) is 0 Å². The number of amides is 1. The van der Waals surface area contributed by atoms with E-state index in [9.17, 15) is 4.79 Å². The maximum Gasteiger partial charge on any atom is 0.233 e. The van der Waals surface area contributed by atoms with Crippen LogP contribution in [0, 0.1) is 13.8 Å². The van der Waals surface area contributed by atoms with Gasteiger partial charge >= 0.3 is 0 Å². The molecule has 2 aromatic rings. The summed E-state index contributed by atoms with van der Waals surface area (Å²) in [6.45, 7) is 4.73. The van der Waals surface area contributed by atoms with E-state index >= 15 is 0 Å². The van der Waals surface area contributed by atoms with E-state index in [-0.39, 0.29) is 11.9 Å². The number of carbonyl (C=O) groups is 1. The Morgan fingerprint density at radius 3 is 2.60 bits per heavy atom. The topological polar surface area (TPSA) is 59.0 Å². The fourth-order valence-corrected chi connectivity index (χ4v) is 4.14. The van der Waals surface area contributed by atoms with Crippen molar-refractivity contribution in [2.45, 2.75) is 50.7 Å². The molecule has 2 aromatic heterocycles. The van der Waals surface area contributed by atoms with E-state index in [1.54, 1.807) is 12.4 Å². The number of rotatable bonds is 4. The predicted octanol–water partition coefficient (Wildman–Crippen LogP) is 3.72. The quantitative estimate of drug-likeness (QED) is 0.617. The van der Waals surface area contributed by atoms with Crippen molar-refractivity contribution in [3.05, 3.63) is 47.5 Å². The van der Waals surface area contributed by atoms with E-state index in [4.69, 9.17) is 0 Å². The number of hydrogen-bond donors (Lipinski definition) is 0. The van der Waals surface area contributed by atoms with Gasteiger partial charge in [0.1, 0.15) is 0 Å². The molecule has 3 heterocycles. The van der Waals surface area contributed by atoms with Crippen LogP contribution < -0.4 is 0 Å². The molecule has 132 valence electrons. The Bertz CT molecular complexity index is 702. The van der Waals surface area contributed by atoms with Gasteiger partial charge in [-0.15, -0.1) is 0 Å². The number of carbonyl (C=O) groups excluding carboxylic acids is 1. The van der Waals surface area contributed by atoms with Crippen LogP contribution in [0.25, 0.3) is 0 Å². The number of nitrogens with zero attached hydrogens (tertiary/aromatic N) is 4. The lowest BCUT2D eigenvalue weighted by molar-refractivity contribution is -0.130. The minimum absolute atomic E-state index is 0.152. The first-order chi connectivity index (χ1) is 12.1. The molecule has 0 saturated carbocycles. The molecule has 1 aliphatic heterocycles. The summed E-state index contributed by atoms with van der Waals surface area (Å²) < 4.78 is 0. The Morgan fingerprint density at radius 1 is 1.16 bits per heavy atom. The van der Waals surface area contributed by atoms with Crippen LogP contribution in [0.15, 0.2) is 35.7 Å². The largest absolute Gasteiger partial charge is 0.335 e. The molecule has 1 amide bonds. The summed E-state index contributed by atoms with van der Waals surface area (Å²) in [7, 11) is 0. The second kappa shape index (κ2) is 8.43. The normalized spacial score (nSPS) is 18.0. The summed E-state index contributed by atoms with van der Waals surface area (Å²) in [5, 5.41) is 0.682. The van der Waals surface area contributed by atoms with Crippen LogP contribution in [0.3, 0.4) is 0 Å². The molecule has 1 aliphatic rings. The number of likely N-dealkylation sites (tertiary alicyclic amines) is 1. The summed E-state index contributed by atoms with van der Waals surface area (Å²) in [5.41, 5.74) is 3.05. The van der Waals surface area contributed by atoms with Crippen molar-refractivity contribution in [2.24, 2.45) is 0 Å². The summed E-state index contributed by atoms with van der Waals surface area (Å²) in [5.74, 6) is 0.543. The molecule has 0 spiro atoms. The average molecular weight is 356 g/mol. The van der Waals surface area contributed by atoms with Crippen LogP contribution in [-0.4, -0.2) is 38.1 Å². The van der Waals surface area contributed by atoms with E-state index < -0.39 is 0 Å². The molecule has 0 aromatic carbocycles. The Hall–Kier alpha value is -1.95. The summed E-state index contributed by atoms with van der Waals surface area (Å²) >= 11 is 1.43. The van der Waals surface area contributed by atoms with Gasteiger partial charge in [-0.2, -0.15) is 0 Å². The Morgan fingerprint density at radius 2 is 1.88 bits per heavy atom. The van der Waals surface area contributed by atoms with Crippen molar-refractivity contribution in [1.82, 2.24) is 19.9 Å². The number of pyridine rings is 1. The van der Waals surface area contributed by atoms with Gasteiger partial charge in [0.2, 0.25) is 5.91 Å². The van der Waals surface area contributed by atoms with Crippen LogP contribution in [0.5, 0.6) is 0 Å². The number of aryl methyl sites for hydroxylation is 2. The minimum Gasteiger partial charge on any atom is -0.335 e. The van der Waals surface area contributed by atoms with E-state index in [0.29, 0.717) is 10.9 Å². The van der Waals surface area contributed by atoms with Crippen molar-refractivity contribution < 1.29 is 4.79 Å². The molecule has 3 rings (SSSR count). The molecule has 0 aliphatic carbocycles. The van der Waals surface area contributed by atoms with Gasteiger partial charge in [0.15, 0.2) is 5.16 Å². The van der Waals surface area contributed by atoms with Crippen molar-refractivity contribution >= 4 is 17.7 Å². The molecule has 1 saturated heterocycles. The number of hydrogen-bond acceptors (Lipinski definition) is 5. The zero-order valence-corrected chi connectivity index (χ0v) is 15.6. The molecular weight excluding hydrogens is 332 g/mol. The molecule has 0 unspecified atom stereocenters. The highest BCUT2D eigenvalue weighted by Gasteiger charge is 2.26. The van der Waals surface area contributed by atoms with Crippen molar-refractivity contribution in [2.75, 3.05) is 12.3 Å². The maximum absolute atomic E-state index is 12.9. The van der Waals surface area contributed by atoms with Gasteiger partial charge in [-0.05, 0) is 50.5 Å². The lowest BCUT2D eigenvalue weighted by Crippen LogP contribution is -2.36. The third-order valence-electron chi connectivity index (χ3n) is 4.45. The molecule has 0 bridgehead atoms. The average Bonchev–Trinajstić information content (AvgIpc) is 2.85. The second-order valence-electron chi connectivity index (χ2n) is 6.45. The van der Waals surface area contributed by atoms with Crippen molar-refractivity contribution in [3.8, 4) is 0 Å². The minimum atomic E-state index is 0.152. The predicted molar refractivity (Wildman–Crippen MR) is 99.4 cm³/mol. The van der Waals surface area contributed by atoms with Crippen LogP contribution >= 0.6 is 11.8 Å². The van der Waals surface area contributed by atoms with Crippen LogP contribution in [0.2, 0.25) is 0 Å². The van der Waals surface area contributed by atoms with Gasteiger partial charge in [0, 0.05) is 30.3 Å². The van der Waals surface area contributed by atoms with Gasteiger partial charge in [-0.3, -0.25) is 9.78 Å². The van der Waals surface area contributed by atoms with Crippen molar-refractivity contribution in [3.63, 3.8) is 0 Å². The standard InChI is InChI=1S/C19H24N4OS/c1-14-12-15(2)22-19(21-14)25-13-18(24)23-11-5-3-4-6-17(23)16-7-9-20-10-8-16/h7-10,12,17H,3-6,11,13H2,1-2H3/t17-/m1/s1. The van der Waals surface area contributed by atoms with Crippen molar-refractivity contribution in [1.29, 1.82) is 0 Å². The molecule has 1 fully saturated rings. The van der Waals surface area contributed by atoms with Gasteiger partial charge in [-0.1, -0.05) is 24.6 Å². The lowest BCUT2D eigenvalue weighted by Gasteiger charge is -2.30. The summed E-state index contributed by atoms with van der Waals surface area (Å²) in [6.07, 6.45) is 8.03. The Kier molecular flexibility index (Phi) is 6.02. The monoisotopic (exact) mass is 356 g/mol. The smallest absolute Gasteiger partial charge is 0.233 e. The molecular formula is C19H24N4OS. The fraction of sp³-hybridized carbons (Fsp3) is 0.474.